The van der Waals surface area contributed by atoms with Crippen LogP contribution >= 0.6 is 0 Å². The Morgan fingerprint density at radius 1 is 1.67 bits per heavy atom. The number of H-pyrrole nitrogens is 1. The minimum atomic E-state index is -0.399. The molecule has 0 atom stereocenters. The van der Waals surface area contributed by atoms with E-state index in [9.17, 15) is 4.79 Å². The van der Waals surface area contributed by atoms with Gasteiger partial charge in [-0.15, -0.1) is 0 Å². The molecule has 0 saturated carbocycles. The highest BCUT2D eigenvalue weighted by Crippen LogP contribution is 2.31. The maximum Gasteiger partial charge on any atom is 0.347 e. The lowest BCUT2D eigenvalue weighted by molar-refractivity contribution is 0.0524. The highest BCUT2D eigenvalue weighted by Gasteiger charge is 2.26. The average Bonchev–Trinajstić information content (AvgIpc) is 2.64. The monoisotopic (exact) mass is 205 g/mol. The van der Waals surface area contributed by atoms with E-state index in [1.165, 1.54) is 0 Å². The van der Waals surface area contributed by atoms with Gasteiger partial charge >= 0.3 is 5.97 Å². The van der Waals surface area contributed by atoms with Crippen LogP contribution < -0.4 is 0 Å². The van der Waals surface area contributed by atoms with E-state index >= 15 is 0 Å². The van der Waals surface area contributed by atoms with Gasteiger partial charge < -0.3 is 9.15 Å². The van der Waals surface area contributed by atoms with Crippen molar-refractivity contribution in [3.05, 3.63) is 11.8 Å². The van der Waals surface area contributed by atoms with Crippen molar-refractivity contribution in [1.82, 2.24) is 15.2 Å². The van der Waals surface area contributed by atoms with Crippen LogP contribution in [0.3, 0.4) is 0 Å². The van der Waals surface area contributed by atoms with Gasteiger partial charge in [0.25, 0.3) is 0 Å². The van der Waals surface area contributed by atoms with E-state index in [1.807, 2.05) is 0 Å². The summed E-state index contributed by atoms with van der Waals surface area (Å²) in [6, 6.07) is 0. The average molecular weight is 205 g/mol. The minimum Gasteiger partial charge on any atom is -0.462 e. The Labute approximate surface area is 83.6 Å². The Kier molecular flexibility index (Phi) is 1.47. The van der Waals surface area contributed by atoms with Gasteiger partial charge in [0.05, 0.1) is 18.2 Å². The Morgan fingerprint density at radius 3 is 3.33 bits per heavy atom. The number of aromatic amines is 1. The molecule has 0 saturated heterocycles. The first-order valence-corrected chi connectivity index (χ1v) is 4.53. The maximum atomic E-state index is 11.5. The van der Waals surface area contributed by atoms with E-state index in [0.29, 0.717) is 34.5 Å². The number of esters is 1. The Bertz CT molecular complexity index is 624. The Morgan fingerprint density at radius 2 is 2.53 bits per heavy atom. The molecule has 4 aromatic heterocycles. The zero-order chi connectivity index (χ0) is 10.4. The summed E-state index contributed by atoms with van der Waals surface area (Å²) in [6.07, 6.45) is 1.57. The minimum absolute atomic E-state index is 0.306. The van der Waals surface area contributed by atoms with Crippen molar-refractivity contribution >= 4 is 28.3 Å². The van der Waals surface area contributed by atoms with Crippen LogP contribution in [0.15, 0.2) is 10.6 Å². The smallest absolute Gasteiger partial charge is 0.347 e. The second-order valence-corrected chi connectivity index (χ2v) is 3.08. The summed E-state index contributed by atoms with van der Waals surface area (Å²) >= 11 is 0. The van der Waals surface area contributed by atoms with Crippen LogP contribution in [-0.2, 0) is 4.74 Å². The quantitative estimate of drug-likeness (QED) is 0.638. The van der Waals surface area contributed by atoms with Gasteiger partial charge in [-0.3, -0.25) is 5.10 Å². The van der Waals surface area contributed by atoms with Crippen molar-refractivity contribution in [1.29, 1.82) is 0 Å². The van der Waals surface area contributed by atoms with Crippen LogP contribution in [0.1, 0.15) is 17.3 Å². The van der Waals surface area contributed by atoms with Crippen molar-refractivity contribution < 1.29 is 13.9 Å². The molecule has 0 aromatic carbocycles. The van der Waals surface area contributed by atoms with Crippen molar-refractivity contribution in [2.24, 2.45) is 0 Å². The highest BCUT2D eigenvalue weighted by molar-refractivity contribution is 6.12. The predicted octanol–water partition coefficient (Wildman–Crippen LogP) is 1.32. The first-order valence-electron chi connectivity index (χ1n) is 4.53. The fourth-order valence-corrected chi connectivity index (χ4v) is 1.53. The molecular formula is C9H7N3O3. The van der Waals surface area contributed by atoms with Crippen molar-refractivity contribution in [2.75, 3.05) is 6.61 Å². The molecule has 15 heavy (non-hydrogen) atoms. The molecule has 0 aliphatic rings. The first-order chi connectivity index (χ1) is 7.31. The molecule has 0 aliphatic carbocycles. The predicted molar refractivity (Wildman–Crippen MR) is 50.8 cm³/mol. The number of hydrogen-bond donors (Lipinski definition) is 1. The number of nitrogens with one attached hydrogen (secondary N) is 1. The molecule has 4 heterocycles. The van der Waals surface area contributed by atoms with Crippen LogP contribution in [0.2, 0.25) is 0 Å². The third kappa shape index (κ3) is 0.955. The molecule has 0 radical (unpaired) electrons. The van der Waals surface area contributed by atoms with Gasteiger partial charge in [-0.25, -0.2) is 4.79 Å². The summed E-state index contributed by atoms with van der Waals surface area (Å²) in [5, 5.41) is 7.23. The van der Waals surface area contributed by atoms with Crippen molar-refractivity contribution in [3.8, 4) is 0 Å². The molecule has 6 heteroatoms. The Hall–Kier alpha value is -2.11. The van der Waals surface area contributed by atoms with Crippen LogP contribution in [-0.4, -0.2) is 27.8 Å². The van der Waals surface area contributed by atoms with Gasteiger partial charge in [0, 0.05) is 0 Å². The summed E-state index contributed by atoms with van der Waals surface area (Å²) < 4.78 is 10.1. The standard InChI is InChI=1S/C9H7N3O3/c1-2-14-9(13)5-6-4-3-10-12-7(4)11-8(5)15-6/h3H,2H2,1H3,(H,10,11,12). The summed E-state index contributed by atoms with van der Waals surface area (Å²) in [6.45, 7) is 2.09. The number of ether oxygens (including phenoxy) is 1. The largest absolute Gasteiger partial charge is 0.462 e. The van der Waals surface area contributed by atoms with Crippen LogP contribution in [0.5, 0.6) is 0 Å². The SMILES string of the molecule is CCOC(=O)c1c2nc3[nH]ncc3c1o2. The number of pyridine rings is 1. The zero-order valence-electron chi connectivity index (χ0n) is 7.90. The van der Waals surface area contributed by atoms with Gasteiger partial charge in [0.2, 0.25) is 5.71 Å². The molecule has 6 nitrogen and oxygen atoms in total. The van der Waals surface area contributed by atoms with E-state index in [1.54, 1.807) is 13.1 Å². The van der Waals surface area contributed by atoms with Crippen LogP contribution in [0, 0.1) is 0 Å². The van der Waals surface area contributed by atoms with Gasteiger partial charge in [0.15, 0.2) is 16.8 Å². The molecule has 76 valence electrons. The van der Waals surface area contributed by atoms with Gasteiger partial charge in [0.1, 0.15) is 0 Å². The van der Waals surface area contributed by atoms with E-state index < -0.39 is 5.97 Å². The molecule has 0 amide bonds. The lowest BCUT2D eigenvalue weighted by atomic mass is 10.2. The highest BCUT2D eigenvalue weighted by atomic mass is 16.5. The summed E-state index contributed by atoms with van der Waals surface area (Å²) in [4.78, 5) is 15.6. The summed E-state index contributed by atoms with van der Waals surface area (Å²) in [5.41, 5.74) is 1.84. The number of carbonyl (C=O) groups excluding carboxylic acids is 1. The number of nitrogens with zero attached hydrogens (tertiary/aromatic N) is 2. The number of hydrogen-bond acceptors (Lipinski definition) is 5. The van der Waals surface area contributed by atoms with E-state index in [4.69, 9.17) is 9.15 Å². The molecule has 0 aliphatic heterocycles. The zero-order valence-corrected chi connectivity index (χ0v) is 7.90. The normalized spacial score (nSPS) is 11.5. The van der Waals surface area contributed by atoms with Crippen molar-refractivity contribution in [3.63, 3.8) is 0 Å². The van der Waals surface area contributed by atoms with Gasteiger partial charge in [-0.05, 0) is 6.92 Å². The lowest BCUT2D eigenvalue weighted by Gasteiger charge is -2.09. The van der Waals surface area contributed by atoms with Gasteiger partial charge in [-0.2, -0.15) is 10.1 Å². The first kappa shape index (κ1) is 8.22. The lowest BCUT2D eigenvalue weighted by Crippen LogP contribution is -2.10. The fraction of sp³-hybridized carbons (Fsp3) is 0.222. The summed E-state index contributed by atoms with van der Waals surface area (Å²) in [7, 11) is 0. The molecular weight excluding hydrogens is 198 g/mol. The molecule has 0 unspecified atom stereocenters. The third-order valence-corrected chi connectivity index (χ3v) is 2.20. The van der Waals surface area contributed by atoms with E-state index in [2.05, 4.69) is 15.2 Å². The summed E-state index contributed by atoms with van der Waals surface area (Å²) in [5.74, 6) is -0.399. The van der Waals surface area contributed by atoms with E-state index in [-0.39, 0.29) is 0 Å². The molecule has 4 aromatic rings. The Balaban J connectivity index is 2.19. The fourth-order valence-electron chi connectivity index (χ4n) is 1.53. The number of aromatic nitrogens is 3. The van der Waals surface area contributed by atoms with E-state index in [0.717, 1.165) is 0 Å². The maximum absolute atomic E-state index is 11.5. The van der Waals surface area contributed by atoms with Crippen molar-refractivity contribution in [2.45, 2.75) is 6.92 Å². The van der Waals surface area contributed by atoms with Crippen LogP contribution in [0.25, 0.3) is 22.3 Å². The van der Waals surface area contributed by atoms with Crippen LogP contribution in [0.4, 0.5) is 0 Å². The molecule has 0 fully saturated rings. The number of rotatable bonds is 2. The van der Waals surface area contributed by atoms with Gasteiger partial charge in [-0.1, -0.05) is 0 Å². The topological polar surface area (TPSA) is 81.0 Å². The second-order valence-electron chi connectivity index (χ2n) is 3.08. The molecule has 4 rings (SSSR count). The number of carbonyl (C=O) groups is 1. The molecule has 0 spiro atoms. The molecule has 1 N–H and O–H groups in total. The molecule has 2 bridgehead atoms. The second kappa shape index (κ2) is 2.69. The third-order valence-electron chi connectivity index (χ3n) is 2.20.